The minimum atomic E-state index is -0.579. The Morgan fingerprint density at radius 2 is 2.19 bits per heavy atom. The number of aryl methyl sites for hydroxylation is 1. The van der Waals surface area contributed by atoms with Gasteiger partial charge in [0.1, 0.15) is 23.1 Å². The number of hydrazone groups is 1. The van der Waals surface area contributed by atoms with Gasteiger partial charge in [-0.25, -0.2) is 10.4 Å². The molecule has 1 aromatic heterocycles. The third kappa shape index (κ3) is 5.42. The van der Waals surface area contributed by atoms with E-state index < -0.39 is 12.5 Å². The van der Waals surface area contributed by atoms with E-state index in [1.165, 1.54) is 25.5 Å². The number of phenolic OH excluding ortho intramolecular Hbond substituents is 2. The van der Waals surface area contributed by atoms with Crippen molar-refractivity contribution in [1.82, 2.24) is 10.4 Å². The second kappa shape index (κ2) is 9.17. The highest BCUT2D eigenvalue weighted by Crippen LogP contribution is 2.22. The first-order valence-electron chi connectivity index (χ1n) is 7.80. The number of methoxy groups -OCH3 is 1. The SMILES string of the molecule is COCc1cc(C)nc(OCC(=O)N/N=C/c2ccc(O)cc2O)c1C#N. The van der Waals surface area contributed by atoms with E-state index in [9.17, 15) is 20.3 Å². The molecule has 27 heavy (non-hydrogen) atoms. The van der Waals surface area contributed by atoms with Crippen molar-refractivity contribution in [2.45, 2.75) is 13.5 Å². The summed E-state index contributed by atoms with van der Waals surface area (Å²) in [4.78, 5) is 16.0. The van der Waals surface area contributed by atoms with E-state index in [0.29, 0.717) is 16.8 Å². The van der Waals surface area contributed by atoms with Crippen LogP contribution in [-0.2, 0) is 16.1 Å². The fraction of sp³-hybridized carbons (Fsp3) is 0.222. The molecule has 2 aromatic rings. The van der Waals surface area contributed by atoms with Gasteiger partial charge in [0.05, 0.1) is 12.8 Å². The number of nitrogens with zero attached hydrogens (tertiary/aromatic N) is 3. The van der Waals surface area contributed by atoms with E-state index in [1.54, 1.807) is 13.0 Å². The summed E-state index contributed by atoms with van der Waals surface area (Å²) in [6.45, 7) is 1.55. The standard InChI is InChI=1S/C18H18N4O5/c1-11-5-13(9-26-2)15(7-19)18(21-11)27-10-17(25)22-20-8-12-3-4-14(23)6-16(12)24/h3-6,8,23-24H,9-10H2,1-2H3,(H,22,25)/b20-8+. The molecule has 1 aromatic carbocycles. The molecule has 0 radical (unpaired) electrons. The summed E-state index contributed by atoms with van der Waals surface area (Å²) in [5.74, 6) is -0.809. The number of nitrogens with one attached hydrogen (secondary N) is 1. The van der Waals surface area contributed by atoms with Crippen LogP contribution in [-0.4, -0.2) is 41.0 Å². The van der Waals surface area contributed by atoms with Crippen molar-refractivity contribution < 1.29 is 24.5 Å². The predicted octanol–water partition coefficient (Wildman–Crippen LogP) is 1.35. The molecule has 0 atom stereocenters. The van der Waals surface area contributed by atoms with E-state index in [1.807, 2.05) is 6.07 Å². The Balaban J connectivity index is 1.99. The fourth-order valence-corrected chi connectivity index (χ4v) is 2.18. The molecule has 0 spiro atoms. The number of amides is 1. The quantitative estimate of drug-likeness (QED) is 0.494. The van der Waals surface area contributed by atoms with Crippen molar-refractivity contribution in [2.24, 2.45) is 5.10 Å². The Kier molecular flexibility index (Phi) is 6.68. The molecule has 3 N–H and O–H groups in total. The van der Waals surface area contributed by atoms with Gasteiger partial charge >= 0.3 is 0 Å². The molecule has 1 amide bonds. The Morgan fingerprint density at radius 3 is 2.85 bits per heavy atom. The lowest BCUT2D eigenvalue weighted by atomic mass is 10.1. The van der Waals surface area contributed by atoms with Gasteiger partial charge in [0.2, 0.25) is 5.88 Å². The zero-order valence-electron chi connectivity index (χ0n) is 14.8. The Morgan fingerprint density at radius 1 is 1.41 bits per heavy atom. The first kappa shape index (κ1) is 19.7. The third-order valence-electron chi connectivity index (χ3n) is 3.35. The minimum Gasteiger partial charge on any atom is -0.508 e. The maximum absolute atomic E-state index is 11.9. The van der Waals surface area contributed by atoms with Crippen LogP contribution >= 0.6 is 0 Å². The van der Waals surface area contributed by atoms with Crippen molar-refractivity contribution in [3.63, 3.8) is 0 Å². The van der Waals surface area contributed by atoms with Crippen LogP contribution in [0, 0.1) is 18.3 Å². The van der Waals surface area contributed by atoms with Gasteiger partial charge < -0.3 is 19.7 Å². The number of ether oxygens (including phenoxy) is 2. The number of phenols is 2. The van der Waals surface area contributed by atoms with Crippen LogP contribution in [0.4, 0.5) is 0 Å². The summed E-state index contributed by atoms with van der Waals surface area (Å²) in [6, 6.07) is 7.67. The van der Waals surface area contributed by atoms with Gasteiger partial charge in [-0.1, -0.05) is 0 Å². The average Bonchev–Trinajstić information content (AvgIpc) is 2.62. The Bertz CT molecular complexity index is 905. The van der Waals surface area contributed by atoms with Gasteiger partial charge in [0.15, 0.2) is 6.61 Å². The number of rotatable bonds is 7. The number of carbonyl (C=O) groups excluding carboxylic acids is 1. The van der Waals surface area contributed by atoms with Crippen LogP contribution in [0.3, 0.4) is 0 Å². The highest BCUT2D eigenvalue weighted by molar-refractivity contribution is 5.85. The normalized spacial score (nSPS) is 10.6. The van der Waals surface area contributed by atoms with Crippen LogP contribution in [0.25, 0.3) is 0 Å². The molecule has 2 rings (SSSR count). The number of carbonyl (C=O) groups is 1. The number of pyridine rings is 1. The second-order valence-corrected chi connectivity index (χ2v) is 5.47. The van der Waals surface area contributed by atoms with Crippen LogP contribution in [0.15, 0.2) is 29.4 Å². The van der Waals surface area contributed by atoms with Crippen LogP contribution < -0.4 is 10.2 Å². The molecular formula is C18H18N4O5. The zero-order valence-corrected chi connectivity index (χ0v) is 14.8. The van der Waals surface area contributed by atoms with E-state index >= 15 is 0 Å². The molecule has 0 aliphatic heterocycles. The molecular weight excluding hydrogens is 352 g/mol. The number of hydrogen-bond donors (Lipinski definition) is 3. The molecule has 9 nitrogen and oxygen atoms in total. The minimum absolute atomic E-state index is 0.0415. The van der Waals surface area contributed by atoms with E-state index in [2.05, 4.69) is 15.5 Å². The molecule has 0 aliphatic rings. The average molecular weight is 370 g/mol. The Labute approximate surface area is 155 Å². The molecule has 0 fully saturated rings. The number of nitriles is 1. The zero-order chi connectivity index (χ0) is 19.8. The summed E-state index contributed by atoms with van der Waals surface area (Å²) in [5.41, 5.74) is 3.98. The highest BCUT2D eigenvalue weighted by atomic mass is 16.5. The van der Waals surface area contributed by atoms with Gasteiger partial charge in [0, 0.05) is 30.0 Å². The van der Waals surface area contributed by atoms with Crippen molar-refractivity contribution >= 4 is 12.1 Å². The molecule has 0 bridgehead atoms. The molecule has 0 saturated heterocycles. The molecule has 0 saturated carbocycles. The van der Waals surface area contributed by atoms with Crippen LogP contribution in [0.5, 0.6) is 17.4 Å². The van der Waals surface area contributed by atoms with Gasteiger partial charge in [-0.05, 0) is 25.1 Å². The van der Waals surface area contributed by atoms with E-state index in [-0.39, 0.29) is 29.5 Å². The maximum atomic E-state index is 11.9. The third-order valence-corrected chi connectivity index (χ3v) is 3.35. The van der Waals surface area contributed by atoms with Crippen LogP contribution in [0.2, 0.25) is 0 Å². The van der Waals surface area contributed by atoms with Gasteiger partial charge in [-0.3, -0.25) is 4.79 Å². The first-order valence-corrected chi connectivity index (χ1v) is 7.80. The summed E-state index contributed by atoms with van der Waals surface area (Å²) in [6.07, 6.45) is 1.22. The lowest BCUT2D eigenvalue weighted by Gasteiger charge is -2.10. The maximum Gasteiger partial charge on any atom is 0.278 e. The van der Waals surface area contributed by atoms with Gasteiger partial charge in [-0.2, -0.15) is 10.4 Å². The smallest absolute Gasteiger partial charge is 0.278 e. The second-order valence-electron chi connectivity index (χ2n) is 5.47. The molecule has 9 heteroatoms. The molecule has 140 valence electrons. The van der Waals surface area contributed by atoms with E-state index in [0.717, 1.165) is 6.07 Å². The molecule has 0 aliphatic carbocycles. The van der Waals surface area contributed by atoms with E-state index in [4.69, 9.17) is 9.47 Å². The monoisotopic (exact) mass is 370 g/mol. The number of hydrogen-bond acceptors (Lipinski definition) is 8. The highest BCUT2D eigenvalue weighted by Gasteiger charge is 2.14. The van der Waals surface area contributed by atoms with Crippen molar-refractivity contribution in [3.05, 3.63) is 46.6 Å². The van der Waals surface area contributed by atoms with Crippen molar-refractivity contribution in [1.29, 1.82) is 5.26 Å². The fourth-order valence-electron chi connectivity index (χ4n) is 2.18. The summed E-state index contributed by atoms with van der Waals surface area (Å²) < 4.78 is 10.4. The number of benzene rings is 1. The number of aromatic hydroxyl groups is 2. The predicted molar refractivity (Wildman–Crippen MR) is 95.4 cm³/mol. The van der Waals surface area contributed by atoms with Crippen molar-refractivity contribution in [2.75, 3.05) is 13.7 Å². The summed E-state index contributed by atoms with van der Waals surface area (Å²) >= 11 is 0. The lowest BCUT2D eigenvalue weighted by Crippen LogP contribution is -2.25. The number of aromatic nitrogens is 1. The topological polar surface area (TPSA) is 137 Å². The largest absolute Gasteiger partial charge is 0.508 e. The van der Waals surface area contributed by atoms with Crippen molar-refractivity contribution in [3.8, 4) is 23.4 Å². The van der Waals surface area contributed by atoms with Gasteiger partial charge in [-0.15, -0.1) is 0 Å². The van der Waals surface area contributed by atoms with Gasteiger partial charge in [0.25, 0.3) is 5.91 Å². The first-order chi connectivity index (χ1) is 12.9. The summed E-state index contributed by atoms with van der Waals surface area (Å²) in [5, 5.41) is 31.8. The molecule has 0 unspecified atom stereocenters. The van der Waals surface area contributed by atoms with Crippen LogP contribution in [0.1, 0.15) is 22.4 Å². The molecule has 1 heterocycles. The Hall–Kier alpha value is -3.64. The summed E-state index contributed by atoms with van der Waals surface area (Å²) in [7, 11) is 1.51. The lowest BCUT2D eigenvalue weighted by molar-refractivity contribution is -0.123.